The van der Waals surface area contributed by atoms with Gasteiger partial charge in [-0.05, 0) is 44.9 Å². The van der Waals surface area contributed by atoms with Crippen LogP contribution >= 0.6 is 11.3 Å². The lowest BCUT2D eigenvalue weighted by molar-refractivity contribution is 0.272. The molecule has 2 aliphatic rings. The number of anilines is 2. The Balaban J connectivity index is 1.63. The Hall–Kier alpha value is -1.73. The SMILES string of the molecule is Cc1cc(S(=O)(=O)Nc2ccc3c(c2)OCC2CCCN32)c(C)s1. The molecule has 0 spiro atoms. The van der Waals surface area contributed by atoms with Crippen molar-refractivity contribution in [2.45, 2.75) is 37.6 Å². The summed E-state index contributed by atoms with van der Waals surface area (Å²) in [5, 5.41) is 0. The fourth-order valence-corrected chi connectivity index (χ4v) is 6.13. The van der Waals surface area contributed by atoms with Crippen LogP contribution in [0.15, 0.2) is 29.2 Å². The number of hydrogen-bond acceptors (Lipinski definition) is 5. The third kappa shape index (κ3) is 2.65. The topological polar surface area (TPSA) is 58.6 Å². The summed E-state index contributed by atoms with van der Waals surface area (Å²) < 4.78 is 33.8. The highest BCUT2D eigenvalue weighted by Crippen LogP contribution is 2.40. The molecule has 0 saturated carbocycles. The maximum Gasteiger partial charge on any atom is 0.263 e. The Morgan fingerprint density at radius 2 is 2.12 bits per heavy atom. The molecule has 24 heavy (non-hydrogen) atoms. The van der Waals surface area contributed by atoms with E-state index in [0.717, 1.165) is 34.2 Å². The third-order valence-electron chi connectivity index (χ3n) is 4.61. The number of thiophene rings is 1. The molecule has 0 aliphatic carbocycles. The van der Waals surface area contributed by atoms with Gasteiger partial charge in [-0.25, -0.2) is 8.42 Å². The lowest BCUT2D eigenvalue weighted by Gasteiger charge is -2.33. The van der Waals surface area contributed by atoms with Gasteiger partial charge in [0, 0.05) is 22.4 Å². The van der Waals surface area contributed by atoms with Crippen molar-refractivity contribution in [3.63, 3.8) is 0 Å². The van der Waals surface area contributed by atoms with Gasteiger partial charge in [0.1, 0.15) is 17.3 Å². The third-order valence-corrected chi connectivity index (χ3v) is 7.22. The van der Waals surface area contributed by atoms with Gasteiger partial charge in [-0.1, -0.05) is 0 Å². The Labute approximate surface area is 146 Å². The van der Waals surface area contributed by atoms with Gasteiger partial charge in [0.05, 0.1) is 17.4 Å². The predicted octanol–water partition coefficient (Wildman–Crippen LogP) is 3.53. The van der Waals surface area contributed by atoms with E-state index < -0.39 is 10.0 Å². The molecule has 0 radical (unpaired) electrons. The number of fused-ring (bicyclic) bond motifs is 3. The molecule has 5 nitrogen and oxygen atoms in total. The molecule has 0 amide bonds. The summed E-state index contributed by atoms with van der Waals surface area (Å²) in [5.74, 6) is 0.756. The van der Waals surface area contributed by atoms with E-state index in [9.17, 15) is 8.42 Å². The van der Waals surface area contributed by atoms with Crippen molar-refractivity contribution in [2.24, 2.45) is 0 Å². The minimum Gasteiger partial charge on any atom is -0.489 e. The monoisotopic (exact) mass is 364 g/mol. The zero-order chi connectivity index (χ0) is 16.9. The van der Waals surface area contributed by atoms with Gasteiger partial charge in [0.15, 0.2) is 0 Å². The number of ether oxygens (including phenoxy) is 1. The van der Waals surface area contributed by atoms with Gasteiger partial charge in [0.25, 0.3) is 10.0 Å². The second-order valence-corrected chi connectivity index (χ2v) is 9.48. The quantitative estimate of drug-likeness (QED) is 0.905. The summed E-state index contributed by atoms with van der Waals surface area (Å²) in [6.45, 7) is 5.46. The average Bonchev–Trinajstić information content (AvgIpc) is 3.13. The van der Waals surface area contributed by atoms with Crippen LogP contribution in [0, 0.1) is 13.8 Å². The molecule has 128 valence electrons. The smallest absolute Gasteiger partial charge is 0.263 e. The summed E-state index contributed by atoms with van der Waals surface area (Å²) in [6.07, 6.45) is 2.34. The lowest BCUT2D eigenvalue weighted by Crippen LogP contribution is -2.38. The Morgan fingerprint density at radius 1 is 1.29 bits per heavy atom. The fraction of sp³-hybridized carbons (Fsp3) is 0.412. The van der Waals surface area contributed by atoms with E-state index in [0.29, 0.717) is 23.2 Å². The Morgan fingerprint density at radius 3 is 2.88 bits per heavy atom. The first-order valence-corrected chi connectivity index (χ1v) is 10.4. The largest absolute Gasteiger partial charge is 0.489 e. The van der Waals surface area contributed by atoms with Crippen molar-refractivity contribution in [1.29, 1.82) is 0 Å². The molecule has 1 unspecified atom stereocenters. The molecule has 1 saturated heterocycles. The van der Waals surface area contributed by atoms with Crippen LogP contribution in [0.5, 0.6) is 5.75 Å². The van der Waals surface area contributed by atoms with Crippen LogP contribution < -0.4 is 14.4 Å². The summed E-state index contributed by atoms with van der Waals surface area (Å²) in [4.78, 5) is 4.50. The average molecular weight is 364 g/mol. The second kappa shape index (κ2) is 5.67. The molecule has 1 aromatic heterocycles. The van der Waals surface area contributed by atoms with Gasteiger partial charge >= 0.3 is 0 Å². The number of nitrogens with zero attached hydrogens (tertiary/aromatic N) is 1. The van der Waals surface area contributed by atoms with Crippen molar-refractivity contribution in [3.8, 4) is 5.75 Å². The van der Waals surface area contributed by atoms with Crippen LogP contribution in [0.4, 0.5) is 11.4 Å². The molecule has 1 aromatic carbocycles. The van der Waals surface area contributed by atoms with E-state index in [1.807, 2.05) is 26.0 Å². The zero-order valence-electron chi connectivity index (χ0n) is 13.7. The van der Waals surface area contributed by atoms with Crippen molar-refractivity contribution >= 4 is 32.7 Å². The highest BCUT2D eigenvalue weighted by atomic mass is 32.2. The standard InChI is InChI=1S/C17H20N2O3S2/c1-11-8-17(12(2)23-11)24(20,21)18-13-5-6-15-16(9-13)22-10-14-4-3-7-19(14)15/h5-6,8-9,14,18H,3-4,7,10H2,1-2H3. The van der Waals surface area contributed by atoms with Crippen molar-refractivity contribution in [2.75, 3.05) is 22.8 Å². The molecule has 1 atom stereocenters. The highest BCUT2D eigenvalue weighted by Gasteiger charge is 2.31. The van der Waals surface area contributed by atoms with Crippen LogP contribution in [0.25, 0.3) is 0 Å². The van der Waals surface area contributed by atoms with E-state index >= 15 is 0 Å². The molecular formula is C17H20N2O3S2. The Kier molecular flexibility index (Phi) is 3.73. The van der Waals surface area contributed by atoms with Crippen molar-refractivity contribution in [1.82, 2.24) is 0 Å². The first-order valence-electron chi connectivity index (χ1n) is 8.07. The van der Waals surface area contributed by atoms with Gasteiger partial charge in [-0.3, -0.25) is 4.72 Å². The number of hydrogen-bond donors (Lipinski definition) is 1. The zero-order valence-corrected chi connectivity index (χ0v) is 15.3. The summed E-state index contributed by atoms with van der Waals surface area (Å²) in [5.41, 5.74) is 1.60. The number of sulfonamides is 1. The van der Waals surface area contributed by atoms with E-state index in [1.54, 1.807) is 12.1 Å². The number of benzene rings is 1. The molecule has 4 rings (SSSR count). The van der Waals surface area contributed by atoms with Crippen LogP contribution in [-0.4, -0.2) is 27.6 Å². The van der Waals surface area contributed by atoms with Gasteiger partial charge in [-0.2, -0.15) is 0 Å². The first-order chi connectivity index (χ1) is 11.4. The van der Waals surface area contributed by atoms with E-state index in [4.69, 9.17) is 4.74 Å². The number of rotatable bonds is 3. The van der Waals surface area contributed by atoms with Crippen LogP contribution in [-0.2, 0) is 10.0 Å². The highest BCUT2D eigenvalue weighted by molar-refractivity contribution is 7.93. The van der Waals surface area contributed by atoms with E-state index in [1.165, 1.54) is 17.8 Å². The maximum atomic E-state index is 12.6. The molecular weight excluding hydrogens is 344 g/mol. The molecule has 1 N–H and O–H groups in total. The van der Waals surface area contributed by atoms with E-state index in [2.05, 4.69) is 9.62 Å². The van der Waals surface area contributed by atoms with Crippen molar-refractivity contribution in [3.05, 3.63) is 34.0 Å². The summed E-state index contributed by atoms with van der Waals surface area (Å²) in [6, 6.07) is 7.73. The minimum atomic E-state index is -3.58. The number of nitrogens with one attached hydrogen (secondary N) is 1. The number of aryl methyl sites for hydroxylation is 2. The molecule has 2 aromatic rings. The summed E-state index contributed by atoms with van der Waals surface area (Å²) >= 11 is 1.49. The second-order valence-electron chi connectivity index (χ2n) is 6.37. The van der Waals surface area contributed by atoms with Crippen LogP contribution in [0.2, 0.25) is 0 Å². The van der Waals surface area contributed by atoms with Crippen molar-refractivity contribution < 1.29 is 13.2 Å². The molecule has 1 fully saturated rings. The molecule has 3 heterocycles. The normalized spacial score (nSPS) is 19.6. The molecule has 0 bridgehead atoms. The predicted molar refractivity (Wildman–Crippen MR) is 96.9 cm³/mol. The minimum absolute atomic E-state index is 0.350. The lowest BCUT2D eigenvalue weighted by atomic mass is 10.1. The van der Waals surface area contributed by atoms with Crippen LogP contribution in [0.3, 0.4) is 0 Å². The molecule has 2 aliphatic heterocycles. The van der Waals surface area contributed by atoms with Crippen LogP contribution in [0.1, 0.15) is 22.6 Å². The Bertz CT molecular complexity index is 889. The van der Waals surface area contributed by atoms with E-state index in [-0.39, 0.29) is 0 Å². The maximum absolute atomic E-state index is 12.6. The fourth-order valence-electron chi connectivity index (χ4n) is 3.53. The van der Waals surface area contributed by atoms with Gasteiger partial charge in [0.2, 0.25) is 0 Å². The van der Waals surface area contributed by atoms with Gasteiger partial charge in [-0.15, -0.1) is 11.3 Å². The van der Waals surface area contributed by atoms with Gasteiger partial charge < -0.3 is 9.64 Å². The summed E-state index contributed by atoms with van der Waals surface area (Å²) in [7, 11) is -3.58. The molecule has 7 heteroatoms. The first kappa shape index (κ1) is 15.8.